The summed E-state index contributed by atoms with van der Waals surface area (Å²) in [6.45, 7) is 14.7. The molecule has 0 bridgehead atoms. The van der Waals surface area contributed by atoms with Crippen LogP contribution in [0.5, 0.6) is 0 Å². The number of piperidine rings is 1. The fourth-order valence-corrected chi connectivity index (χ4v) is 2.64. The van der Waals surface area contributed by atoms with Crippen molar-refractivity contribution in [3.8, 4) is 0 Å². The molecule has 1 saturated heterocycles. The highest BCUT2D eigenvalue weighted by molar-refractivity contribution is 5.78. The molecular weight excluding hydrogens is 222 g/mol. The lowest BCUT2D eigenvalue weighted by Gasteiger charge is -2.41. The SMILES string of the molecule is CC.CCC(C)C(=O)N1CCC(CC)(CC)CC1. The second kappa shape index (κ2) is 8.55. The highest BCUT2D eigenvalue weighted by Crippen LogP contribution is 2.38. The minimum absolute atomic E-state index is 0.204. The zero-order chi connectivity index (χ0) is 14.2. The maximum absolute atomic E-state index is 12.0. The van der Waals surface area contributed by atoms with Crippen LogP contribution in [0.15, 0.2) is 0 Å². The summed E-state index contributed by atoms with van der Waals surface area (Å²) in [6.07, 6.45) is 5.87. The van der Waals surface area contributed by atoms with E-state index in [0.717, 1.165) is 19.5 Å². The van der Waals surface area contributed by atoms with Gasteiger partial charge in [0.05, 0.1) is 0 Å². The normalized spacial score (nSPS) is 19.8. The van der Waals surface area contributed by atoms with E-state index in [1.54, 1.807) is 0 Å². The molecule has 0 spiro atoms. The Morgan fingerprint density at radius 2 is 1.56 bits per heavy atom. The van der Waals surface area contributed by atoms with E-state index in [9.17, 15) is 4.79 Å². The zero-order valence-electron chi connectivity index (χ0n) is 13.4. The first kappa shape index (κ1) is 17.5. The van der Waals surface area contributed by atoms with E-state index < -0.39 is 0 Å². The molecule has 0 N–H and O–H groups in total. The summed E-state index contributed by atoms with van der Waals surface area (Å²) in [5.41, 5.74) is 0.520. The number of carbonyl (C=O) groups is 1. The Labute approximate surface area is 114 Å². The average Bonchev–Trinajstić information content (AvgIpc) is 2.47. The van der Waals surface area contributed by atoms with Gasteiger partial charge in [-0.3, -0.25) is 4.79 Å². The number of nitrogens with zero attached hydrogens (tertiary/aromatic N) is 1. The molecular formula is C16H33NO. The van der Waals surface area contributed by atoms with Gasteiger partial charge in [-0.2, -0.15) is 0 Å². The Balaban J connectivity index is 0.00000137. The smallest absolute Gasteiger partial charge is 0.225 e. The summed E-state index contributed by atoms with van der Waals surface area (Å²) >= 11 is 0. The number of rotatable bonds is 4. The van der Waals surface area contributed by atoms with E-state index in [4.69, 9.17) is 0 Å². The molecule has 1 aliphatic rings. The Kier molecular flexibility index (Phi) is 8.30. The summed E-state index contributed by atoms with van der Waals surface area (Å²) in [5, 5.41) is 0. The van der Waals surface area contributed by atoms with Crippen LogP contribution in [0.3, 0.4) is 0 Å². The molecule has 0 aromatic heterocycles. The van der Waals surface area contributed by atoms with Crippen molar-refractivity contribution in [3.63, 3.8) is 0 Å². The fourth-order valence-electron chi connectivity index (χ4n) is 2.64. The first-order valence-electron chi connectivity index (χ1n) is 7.87. The molecule has 18 heavy (non-hydrogen) atoms. The first-order valence-corrected chi connectivity index (χ1v) is 7.87. The molecule has 0 aromatic rings. The summed E-state index contributed by atoms with van der Waals surface area (Å²) in [6, 6.07) is 0. The second-order valence-electron chi connectivity index (χ2n) is 5.34. The molecule has 1 amide bonds. The van der Waals surface area contributed by atoms with E-state index in [2.05, 4.69) is 25.7 Å². The molecule has 1 rings (SSSR count). The summed E-state index contributed by atoms with van der Waals surface area (Å²) < 4.78 is 0. The molecule has 1 unspecified atom stereocenters. The Morgan fingerprint density at radius 3 is 1.89 bits per heavy atom. The highest BCUT2D eigenvalue weighted by atomic mass is 16.2. The van der Waals surface area contributed by atoms with Gasteiger partial charge < -0.3 is 4.90 Å². The maximum atomic E-state index is 12.0. The van der Waals surface area contributed by atoms with Crippen LogP contribution in [-0.4, -0.2) is 23.9 Å². The predicted molar refractivity (Wildman–Crippen MR) is 79.6 cm³/mol. The standard InChI is InChI=1S/C14H27NO.C2H6/c1-5-12(4)13(16)15-10-8-14(6-2,7-3)9-11-15;1-2/h12H,5-11H2,1-4H3;1-2H3. The van der Waals surface area contributed by atoms with Crippen LogP contribution in [-0.2, 0) is 4.79 Å². The van der Waals surface area contributed by atoms with Crippen LogP contribution in [0.4, 0.5) is 0 Å². The van der Waals surface area contributed by atoms with Gasteiger partial charge in [0.25, 0.3) is 0 Å². The molecule has 108 valence electrons. The number of amides is 1. The van der Waals surface area contributed by atoms with Gasteiger partial charge in [-0.05, 0) is 24.7 Å². The Bertz CT molecular complexity index is 223. The molecule has 0 radical (unpaired) electrons. The van der Waals surface area contributed by atoms with Gasteiger partial charge in [-0.15, -0.1) is 0 Å². The van der Waals surface area contributed by atoms with Crippen molar-refractivity contribution in [2.45, 2.75) is 73.6 Å². The first-order chi connectivity index (χ1) is 8.58. The lowest BCUT2D eigenvalue weighted by Crippen LogP contribution is -2.44. The van der Waals surface area contributed by atoms with Gasteiger partial charge in [-0.25, -0.2) is 0 Å². The monoisotopic (exact) mass is 255 g/mol. The van der Waals surface area contributed by atoms with Crippen LogP contribution in [0.1, 0.15) is 73.6 Å². The van der Waals surface area contributed by atoms with Crippen LogP contribution < -0.4 is 0 Å². The molecule has 0 saturated carbocycles. The highest BCUT2D eigenvalue weighted by Gasteiger charge is 2.33. The van der Waals surface area contributed by atoms with Crippen molar-refractivity contribution in [1.82, 2.24) is 4.90 Å². The topological polar surface area (TPSA) is 20.3 Å². The fraction of sp³-hybridized carbons (Fsp3) is 0.938. The van der Waals surface area contributed by atoms with Crippen LogP contribution in [0.2, 0.25) is 0 Å². The van der Waals surface area contributed by atoms with Crippen molar-refractivity contribution in [1.29, 1.82) is 0 Å². The lowest BCUT2D eigenvalue weighted by molar-refractivity contribution is -0.137. The quantitative estimate of drug-likeness (QED) is 0.725. The number of hydrogen-bond acceptors (Lipinski definition) is 1. The molecule has 1 fully saturated rings. The second-order valence-corrected chi connectivity index (χ2v) is 5.34. The molecule has 1 aliphatic heterocycles. The summed E-state index contributed by atoms with van der Waals surface area (Å²) in [5.74, 6) is 0.569. The molecule has 2 nitrogen and oxygen atoms in total. The third-order valence-electron chi connectivity index (χ3n) is 4.67. The van der Waals surface area contributed by atoms with Crippen molar-refractivity contribution in [2.75, 3.05) is 13.1 Å². The largest absolute Gasteiger partial charge is 0.342 e. The van der Waals surface area contributed by atoms with Crippen molar-refractivity contribution in [3.05, 3.63) is 0 Å². The van der Waals surface area contributed by atoms with E-state index in [-0.39, 0.29) is 5.92 Å². The van der Waals surface area contributed by atoms with Crippen molar-refractivity contribution < 1.29 is 4.79 Å². The molecule has 2 heteroatoms. The van der Waals surface area contributed by atoms with Gasteiger partial charge in [0, 0.05) is 19.0 Å². The lowest BCUT2D eigenvalue weighted by atomic mass is 9.74. The molecule has 1 heterocycles. The number of carbonyl (C=O) groups excluding carboxylic acids is 1. The van der Waals surface area contributed by atoms with Gasteiger partial charge in [0.2, 0.25) is 5.91 Å². The number of likely N-dealkylation sites (tertiary alicyclic amines) is 1. The minimum atomic E-state index is 0.204. The molecule has 0 aliphatic carbocycles. The van der Waals surface area contributed by atoms with Crippen LogP contribution in [0.25, 0.3) is 0 Å². The van der Waals surface area contributed by atoms with E-state index in [1.807, 2.05) is 20.8 Å². The van der Waals surface area contributed by atoms with Gasteiger partial charge >= 0.3 is 0 Å². The van der Waals surface area contributed by atoms with Crippen molar-refractivity contribution in [2.24, 2.45) is 11.3 Å². The minimum Gasteiger partial charge on any atom is -0.342 e. The Hall–Kier alpha value is -0.530. The van der Waals surface area contributed by atoms with Gasteiger partial charge in [0.15, 0.2) is 0 Å². The molecule has 1 atom stereocenters. The maximum Gasteiger partial charge on any atom is 0.225 e. The van der Waals surface area contributed by atoms with E-state index >= 15 is 0 Å². The number of hydrogen-bond donors (Lipinski definition) is 0. The van der Waals surface area contributed by atoms with Crippen molar-refractivity contribution >= 4 is 5.91 Å². The summed E-state index contributed by atoms with van der Waals surface area (Å²) in [4.78, 5) is 14.1. The van der Waals surface area contributed by atoms with Crippen LogP contribution in [0, 0.1) is 11.3 Å². The van der Waals surface area contributed by atoms with Crippen LogP contribution >= 0.6 is 0 Å². The van der Waals surface area contributed by atoms with Gasteiger partial charge in [0.1, 0.15) is 0 Å². The third kappa shape index (κ3) is 4.29. The zero-order valence-corrected chi connectivity index (χ0v) is 13.4. The van der Waals surface area contributed by atoms with Gasteiger partial charge in [-0.1, -0.05) is 54.4 Å². The predicted octanol–water partition coefficient (Wildman–Crippen LogP) is 4.49. The van der Waals surface area contributed by atoms with E-state index in [1.165, 1.54) is 25.7 Å². The Morgan fingerprint density at radius 1 is 1.11 bits per heavy atom. The average molecular weight is 255 g/mol. The summed E-state index contributed by atoms with van der Waals surface area (Å²) in [7, 11) is 0. The van der Waals surface area contributed by atoms with E-state index in [0.29, 0.717) is 11.3 Å². The molecule has 0 aromatic carbocycles. The third-order valence-corrected chi connectivity index (χ3v) is 4.67.